The van der Waals surface area contributed by atoms with Gasteiger partial charge in [-0.1, -0.05) is 16.8 Å². The summed E-state index contributed by atoms with van der Waals surface area (Å²) in [5.74, 6) is -0.674. The monoisotopic (exact) mass is 251 g/mol. The molecule has 0 spiro atoms. The van der Waals surface area contributed by atoms with Gasteiger partial charge in [0.15, 0.2) is 0 Å². The highest BCUT2D eigenvalue weighted by molar-refractivity contribution is 6.58. The van der Waals surface area contributed by atoms with Crippen LogP contribution in [0.1, 0.15) is 0 Å². The van der Waals surface area contributed by atoms with Crippen LogP contribution in [-0.2, 0) is 18.8 Å². The van der Waals surface area contributed by atoms with E-state index in [0.29, 0.717) is 0 Å². The van der Waals surface area contributed by atoms with Gasteiger partial charge in [-0.3, -0.25) is 0 Å². The Balaban J connectivity index is 4.70. The summed E-state index contributed by atoms with van der Waals surface area (Å²) in [6.45, 7) is 3.93. The second-order valence-corrected chi connectivity index (χ2v) is 5.54. The van der Waals surface area contributed by atoms with Gasteiger partial charge in [-0.15, -0.1) is 0 Å². The maximum absolute atomic E-state index is 11.2. The van der Waals surface area contributed by atoms with Gasteiger partial charge in [-0.25, -0.2) is 4.79 Å². The third-order valence-electron chi connectivity index (χ3n) is 1.23. The molecule has 0 aromatic carbocycles. The van der Waals surface area contributed by atoms with E-state index in [1.165, 1.54) is 20.5 Å². The Kier molecular flexibility index (Phi) is 6.81. The molecule has 86 valence electrons. The highest BCUT2D eigenvalue weighted by Gasteiger charge is 2.17. The first-order valence-corrected chi connectivity index (χ1v) is 7.39. The lowest BCUT2D eigenvalue weighted by atomic mass is 10.4. The van der Waals surface area contributed by atoms with Crippen LogP contribution in [0.5, 0.6) is 0 Å². The molecule has 0 atom stereocenters. The van der Waals surface area contributed by atoms with Crippen LogP contribution in [0.15, 0.2) is 16.5 Å². The third-order valence-corrected chi connectivity index (χ3v) is 2.18. The number of carbonyl (C=O) groups is 1. The van der Waals surface area contributed by atoms with Crippen LogP contribution < -0.4 is 0 Å². The Labute approximate surface area is 95.4 Å². The SMILES string of the molecule is CON=C(C(=O)OC)C(Cl)=CO[SiH](C)C. The first-order chi connectivity index (χ1) is 7.02. The molecule has 0 aromatic rings. The van der Waals surface area contributed by atoms with Gasteiger partial charge in [0.25, 0.3) is 0 Å². The Hall–Kier alpha value is -1.01. The summed E-state index contributed by atoms with van der Waals surface area (Å²) >= 11 is 5.79. The molecule has 0 unspecified atom stereocenters. The largest absolute Gasteiger partial charge is 0.551 e. The zero-order valence-electron chi connectivity index (χ0n) is 9.11. The minimum absolute atomic E-state index is 0.0601. The first kappa shape index (κ1) is 14.0. The summed E-state index contributed by atoms with van der Waals surface area (Å²) < 4.78 is 9.70. The van der Waals surface area contributed by atoms with Crippen molar-refractivity contribution in [3.05, 3.63) is 11.3 Å². The molecule has 0 amide bonds. The number of hydrogen-bond donors (Lipinski definition) is 0. The van der Waals surface area contributed by atoms with Crippen LogP contribution in [-0.4, -0.2) is 34.9 Å². The van der Waals surface area contributed by atoms with E-state index < -0.39 is 15.0 Å². The molecule has 0 aliphatic heterocycles. The Morgan fingerprint density at radius 1 is 1.40 bits per heavy atom. The van der Waals surface area contributed by atoms with Gasteiger partial charge >= 0.3 is 5.97 Å². The lowest BCUT2D eigenvalue weighted by Crippen LogP contribution is -2.17. The number of methoxy groups -OCH3 is 1. The standard InChI is InChI=1S/C8H14ClNO4Si/c1-12-8(11)7(10-13-2)6(9)5-14-15(3)4/h5,15H,1-4H3. The number of carbonyl (C=O) groups excluding carboxylic acids is 1. The molecule has 0 saturated carbocycles. The van der Waals surface area contributed by atoms with Gasteiger partial charge in [0, 0.05) is 0 Å². The molecule has 0 saturated heterocycles. The Morgan fingerprint density at radius 3 is 2.40 bits per heavy atom. The lowest BCUT2D eigenvalue weighted by molar-refractivity contribution is -0.132. The quantitative estimate of drug-likeness (QED) is 0.243. The summed E-state index contributed by atoms with van der Waals surface area (Å²) in [5.41, 5.74) is -0.115. The molecule has 0 aromatic heterocycles. The van der Waals surface area contributed by atoms with E-state index >= 15 is 0 Å². The molecule has 7 heteroatoms. The van der Waals surface area contributed by atoms with Crippen molar-refractivity contribution in [3.63, 3.8) is 0 Å². The predicted molar refractivity (Wildman–Crippen MR) is 60.4 cm³/mol. The summed E-state index contributed by atoms with van der Waals surface area (Å²) in [5, 5.41) is 3.51. The molecular formula is C8H14ClNO4Si. The third kappa shape index (κ3) is 5.43. The van der Waals surface area contributed by atoms with E-state index in [9.17, 15) is 4.79 Å². The minimum Gasteiger partial charge on any atom is -0.551 e. The molecule has 15 heavy (non-hydrogen) atoms. The molecule has 0 heterocycles. The number of rotatable bonds is 5. The van der Waals surface area contributed by atoms with E-state index in [0.717, 1.165) is 0 Å². The fourth-order valence-electron chi connectivity index (χ4n) is 0.618. The highest BCUT2D eigenvalue weighted by Crippen LogP contribution is 2.07. The molecule has 0 rings (SSSR count). The molecule has 0 radical (unpaired) electrons. The number of esters is 1. The topological polar surface area (TPSA) is 57.1 Å². The van der Waals surface area contributed by atoms with Crippen molar-refractivity contribution in [1.82, 2.24) is 0 Å². The van der Waals surface area contributed by atoms with Crippen molar-refractivity contribution >= 4 is 32.3 Å². The van der Waals surface area contributed by atoms with Gasteiger partial charge in [0.05, 0.1) is 13.4 Å². The molecular weight excluding hydrogens is 238 g/mol. The van der Waals surface area contributed by atoms with Crippen molar-refractivity contribution in [2.24, 2.45) is 5.16 Å². The van der Waals surface area contributed by atoms with Crippen LogP contribution in [0, 0.1) is 0 Å². The summed E-state index contributed by atoms with van der Waals surface area (Å²) in [6, 6.07) is 0. The maximum atomic E-state index is 11.2. The normalized spacial score (nSPS) is 12.7. The molecule has 0 aliphatic rings. The van der Waals surface area contributed by atoms with Crippen LogP contribution >= 0.6 is 11.6 Å². The van der Waals surface area contributed by atoms with Gasteiger partial charge in [-0.05, 0) is 13.1 Å². The summed E-state index contributed by atoms with van der Waals surface area (Å²) in [6.07, 6.45) is 1.28. The number of oxime groups is 1. The summed E-state index contributed by atoms with van der Waals surface area (Å²) in [7, 11) is 1.31. The average Bonchev–Trinajstić information content (AvgIpc) is 2.21. The molecule has 0 aliphatic carbocycles. The number of nitrogens with zero attached hydrogens (tertiary/aromatic N) is 1. The predicted octanol–water partition coefficient (Wildman–Crippen LogP) is 1.24. The average molecular weight is 252 g/mol. The van der Waals surface area contributed by atoms with Gasteiger partial charge < -0.3 is 14.0 Å². The van der Waals surface area contributed by atoms with Crippen molar-refractivity contribution in [2.75, 3.05) is 14.2 Å². The fourth-order valence-corrected chi connectivity index (χ4v) is 1.28. The zero-order valence-corrected chi connectivity index (χ0v) is 11.0. The van der Waals surface area contributed by atoms with E-state index in [2.05, 4.69) is 14.7 Å². The number of hydrogen-bond acceptors (Lipinski definition) is 5. The lowest BCUT2D eigenvalue weighted by Gasteiger charge is -2.05. The van der Waals surface area contributed by atoms with Crippen molar-refractivity contribution in [3.8, 4) is 0 Å². The maximum Gasteiger partial charge on any atom is 0.361 e. The Morgan fingerprint density at radius 2 is 2.00 bits per heavy atom. The van der Waals surface area contributed by atoms with Crippen molar-refractivity contribution in [2.45, 2.75) is 13.1 Å². The first-order valence-electron chi connectivity index (χ1n) is 4.23. The van der Waals surface area contributed by atoms with Crippen LogP contribution in [0.4, 0.5) is 0 Å². The van der Waals surface area contributed by atoms with Crippen LogP contribution in [0.2, 0.25) is 13.1 Å². The van der Waals surface area contributed by atoms with Crippen molar-refractivity contribution < 1.29 is 18.8 Å². The molecule has 5 nitrogen and oxygen atoms in total. The van der Waals surface area contributed by atoms with Crippen LogP contribution in [0.25, 0.3) is 0 Å². The van der Waals surface area contributed by atoms with Gasteiger partial charge in [-0.2, -0.15) is 0 Å². The smallest absolute Gasteiger partial charge is 0.361 e. The van der Waals surface area contributed by atoms with Gasteiger partial charge in [0.2, 0.25) is 14.8 Å². The molecule has 0 N–H and O–H groups in total. The number of halogens is 1. The minimum atomic E-state index is -1.24. The van der Waals surface area contributed by atoms with E-state index in [1.807, 2.05) is 13.1 Å². The fraction of sp³-hybridized carbons (Fsp3) is 0.500. The zero-order chi connectivity index (χ0) is 11.8. The summed E-state index contributed by atoms with van der Waals surface area (Å²) in [4.78, 5) is 15.7. The number of ether oxygens (including phenoxy) is 1. The van der Waals surface area contributed by atoms with Crippen molar-refractivity contribution in [1.29, 1.82) is 0 Å². The second-order valence-electron chi connectivity index (χ2n) is 2.76. The molecule has 0 bridgehead atoms. The van der Waals surface area contributed by atoms with Gasteiger partial charge in [0.1, 0.15) is 12.1 Å². The molecule has 0 fully saturated rings. The Bertz CT molecular complexity index is 278. The van der Waals surface area contributed by atoms with E-state index in [-0.39, 0.29) is 10.7 Å². The van der Waals surface area contributed by atoms with E-state index in [4.69, 9.17) is 16.0 Å². The second kappa shape index (κ2) is 7.30. The van der Waals surface area contributed by atoms with E-state index in [1.54, 1.807) is 0 Å². The van der Waals surface area contributed by atoms with Crippen LogP contribution in [0.3, 0.4) is 0 Å². The highest BCUT2D eigenvalue weighted by atomic mass is 35.5.